The summed E-state index contributed by atoms with van der Waals surface area (Å²) in [4.78, 5) is 24.7. The lowest BCUT2D eigenvalue weighted by molar-refractivity contribution is -0.436. The summed E-state index contributed by atoms with van der Waals surface area (Å²) in [5.41, 5.74) is 4.96. The Labute approximate surface area is 284 Å². The van der Waals surface area contributed by atoms with Gasteiger partial charge in [0.15, 0.2) is 12.3 Å². The van der Waals surface area contributed by atoms with Crippen LogP contribution in [0.1, 0.15) is 45.2 Å². The third kappa shape index (κ3) is 6.26. The Morgan fingerprint density at radius 1 is 1.09 bits per heavy atom. The van der Waals surface area contributed by atoms with Crippen LogP contribution in [0.4, 0.5) is 11.4 Å². The molecule has 0 atom stereocenters. The Kier molecular flexibility index (Phi) is 9.53. The molecule has 0 fully saturated rings. The number of hydrogen-bond acceptors (Lipinski definition) is 6. The van der Waals surface area contributed by atoms with Crippen LogP contribution in [0, 0.1) is 11.3 Å². The Bertz CT molecular complexity index is 1950. The van der Waals surface area contributed by atoms with E-state index in [1.165, 1.54) is 0 Å². The first kappa shape index (κ1) is 33.8. The quantitative estimate of drug-likeness (QED) is 0.0727. The summed E-state index contributed by atoms with van der Waals surface area (Å²) in [5, 5.41) is 22.6. The van der Waals surface area contributed by atoms with Crippen molar-refractivity contribution >= 4 is 63.5 Å². The average molecular weight is 674 g/mol. The third-order valence-electron chi connectivity index (χ3n) is 9.01. The number of ether oxygens (including phenoxy) is 2. The number of aliphatic carboxylic acids is 1. The number of allylic oxidation sites excluding steroid dienone is 6. The van der Waals surface area contributed by atoms with Crippen molar-refractivity contribution in [2.24, 2.45) is 0 Å². The molecule has 0 aliphatic carbocycles. The van der Waals surface area contributed by atoms with Crippen LogP contribution in [0.5, 0.6) is 5.75 Å². The molecule has 8 nitrogen and oxygen atoms in total. The summed E-state index contributed by atoms with van der Waals surface area (Å²) in [7, 11) is 1.64. The van der Waals surface area contributed by atoms with Gasteiger partial charge < -0.3 is 19.5 Å². The maximum absolute atomic E-state index is 11.5. The lowest BCUT2D eigenvalue weighted by Gasteiger charge is -2.26. The fourth-order valence-corrected chi connectivity index (χ4v) is 7.02. The van der Waals surface area contributed by atoms with Crippen molar-refractivity contribution in [3.63, 3.8) is 0 Å². The van der Waals surface area contributed by atoms with E-state index in [4.69, 9.17) is 32.7 Å². The van der Waals surface area contributed by atoms with Crippen molar-refractivity contribution in [2.75, 3.05) is 31.7 Å². The lowest BCUT2D eigenvalue weighted by Crippen LogP contribution is -2.29. The minimum atomic E-state index is -0.918. The number of fused-ring (bicyclic) bond motifs is 4. The number of halogens is 2. The third-order valence-corrected chi connectivity index (χ3v) is 9.73. The van der Waals surface area contributed by atoms with Crippen molar-refractivity contribution in [3.8, 4) is 11.8 Å². The van der Waals surface area contributed by atoms with Crippen LogP contribution in [-0.4, -0.2) is 54.6 Å². The van der Waals surface area contributed by atoms with E-state index >= 15 is 0 Å². The monoisotopic (exact) mass is 672 g/mol. The smallest absolute Gasteiger partial charge is 0.309 e. The fourth-order valence-electron chi connectivity index (χ4n) is 6.70. The van der Waals surface area contributed by atoms with Crippen LogP contribution in [-0.2, 0) is 25.2 Å². The van der Waals surface area contributed by atoms with E-state index in [9.17, 15) is 20.0 Å². The van der Waals surface area contributed by atoms with E-state index in [2.05, 4.69) is 36.9 Å². The Hall–Kier alpha value is -4.58. The van der Waals surface area contributed by atoms with Crippen molar-refractivity contribution < 1.29 is 28.7 Å². The lowest BCUT2D eigenvalue weighted by atomic mass is 9.81. The van der Waals surface area contributed by atoms with Crippen molar-refractivity contribution in [3.05, 3.63) is 99.2 Å². The zero-order valence-corrected chi connectivity index (χ0v) is 28.4. The summed E-state index contributed by atoms with van der Waals surface area (Å²) in [6, 6.07) is 16.0. The molecule has 5 rings (SSSR count). The van der Waals surface area contributed by atoms with E-state index in [1.54, 1.807) is 25.3 Å². The molecule has 242 valence electrons. The number of rotatable bonds is 11. The second-order valence-electron chi connectivity index (χ2n) is 12.5. The van der Waals surface area contributed by atoms with Gasteiger partial charge in [-0.1, -0.05) is 49.2 Å². The van der Waals surface area contributed by atoms with Gasteiger partial charge in [-0.05, 0) is 72.7 Å². The zero-order chi connectivity index (χ0) is 34.1. The van der Waals surface area contributed by atoms with Gasteiger partial charge in [-0.15, -0.1) is 0 Å². The number of nitrogens with zero attached hydrogens (tertiary/aromatic N) is 3. The maximum atomic E-state index is 11.5. The molecule has 47 heavy (non-hydrogen) atoms. The second kappa shape index (κ2) is 13.3. The Balaban J connectivity index is 1.59. The van der Waals surface area contributed by atoms with Gasteiger partial charge in [0.05, 0.1) is 40.8 Å². The predicted molar refractivity (Wildman–Crippen MR) is 185 cm³/mol. The summed E-state index contributed by atoms with van der Waals surface area (Å²) in [6.45, 7) is 9.62. The highest BCUT2D eigenvalue weighted by Crippen LogP contribution is 2.51. The Morgan fingerprint density at radius 2 is 1.81 bits per heavy atom. The molecule has 0 aromatic heterocycles. The molecule has 0 unspecified atom stereocenters. The molecule has 2 heterocycles. The normalized spacial score (nSPS) is 17.3. The van der Waals surface area contributed by atoms with Gasteiger partial charge in [0, 0.05) is 34.5 Å². The van der Waals surface area contributed by atoms with E-state index in [1.807, 2.05) is 54.8 Å². The number of carbonyl (C=O) groups excluding carboxylic acids is 1. The Morgan fingerprint density at radius 3 is 2.49 bits per heavy atom. The van der Waals surface area contributed by atoms with Gasteiger partial charge in [0.25, 0.3) is 6.47 Å². The zero-order valence-electron chi connectivity index (χ0n) is 26.9. The van der Waals surface area contributed by atoms with Crippen LogP contribution in [0.3, 0.4) is 0 Å². The number of hydrogen-bond donors (Lipinski definition) is 1. The van der Waals surface area contributed by atoms with Gasteiger partial charge in [0.1, 0.15) is 18.8 Å². The number of methoxy groups -OCH3 is 1. The van der Waals surface area contributed by atoms with Gasteiger partial charge in [0.2, 0.25) is 5.69 Å². The number of carboxylic acids is 1. The molecule has 10 heteroatoms. The molecule has 1 N–H and O–H groups in total. The van der Waals surface area contributed by atoms with Crippen molar-refractivity contribution in [2.45, 2.75) is 44.9 Å². The van der Waals surface area contributed by atoms with Crippen LogP contribution in [0.25, 0.3) is 10.8 Å². The second-order valence-corrected chi connectivity index (χ2v) is 13.3. The number of benzene rings is 3. The first-order valence-corrected chi connectivity index (χ1v) is 15.9. The minimum absolute atomic E-state index is 0.0833. The average Bonchev–Trinajstić information content (AvgIpc) is 3.38. The van der Waals surface area contributed by atoms with Gasteiger partial charge in [-0.3, -0.25) is 9.59 Å². The van der Waals surface area contributed by atoms with Gasteiger partial charge in [-0.2, -0.15) is 9.84 Å². The fraction of sp³-hybridized carbons (Fsp3) is 0.297. The minimum Gasteiger partial charge on any atom is -0.497 e. The molecule has 2 aliphatic heterocycles. The number of carboxylic acid groups (broad SMARTS) is 1. The highest BCUT2D eigenvalue weighted by Gasteiger charge is 2.45. The van der Waals surface area contributed by atoms with Crippen LogP contribution < -0.4 is 9.64 Å². The van der Waals surface area contributed by atoms with Gasteiger partial charge >= 0.3 is 5.97 Å². The highest BCUT2D eigenvalue weighted by molar-refractivity contribution is 6.42. The first-order chi connectivity index (χ1) is 22.3. The number of nitriles is 1. The molecule has 0 spiro atoms. The molecule has 3 aromatic carbocycles. The van der Waals surface area contributed by atoms with E-state index < -0.39 is 16.8 Å². The summed E-state index contributed by atoms with van der Waals surface area (Å²) in [6.07, 6.45) is 7.24. The van der Waals surface area contributed by atoms with Crippen LogP contribution in [0.15, 0.2) is 78.0 Å². The molecule has 0 saturated carbocycles. The predicted octanol–water partition coefficient (Wildman–Crippen LogP) is 7.87. The summed E-state index contributed by atoms with van der Waals surface area (Å²) >= 11 is 12.8. The van der Waals surface area contributed by atoms with E-state index in [-0.39, 0.29) is 19.6 Å². The van der Waals surface area contributed by atoms with E-state index in [0.29, 0.717) is 28.6 Å². The summed E-state index contributed by atoms with van der Waals surface area (Å²) < 4.78 is 12.6. The van der Waals surface area contributed by atoms with Gasteiger partial charge in [-0.25, -0.2) is 0 Å². The highest BCUT2D eigenvalue weighted by atomic mass is 35.5. The van der Waals surface area contributed by atoms with Crippen molar-refractivity contribution in [1.29, 1.82) is 5.26 Å². The van der Waals surface area contributed by atoms with Crippen molar-refractivity contribution in [1.82, 2.24) is 0 Å². The molecular formula is C37H36Cl2N3O5+. The topological polar surface area (TPSA) is 103 Å². The molecule has 0 radical (unpaired) electrons. The SMILES string of the molecule is COc1ccc2ccc3c(c2c1)C(C)(C)\C(=C/C=C(C#N)/C=C/C1=[N+](CCC(=O)O)c2cc(Cl)c(Cl)cc2C1(C)C)N3CCOC=O. The molecular weight excluding hydrogens is 637 g/mol. The van der Waals surface area contributed by atoms with Crippen LogP contribution in [0.2, 0.25) is 10.0 Å². The van der Waals surface area contributed by atoms with E-state index in [0.717, 1.165) is 50.4 Å². The largest absolute Gasteiger partial charge is 0.497 e. The first-order valence-electron chi connectivity index (χ1n) is 15.2. The molecule has 3 aromatic rings. The number of carbonyl (C=O) groups is 2. The maximum Gasteiger partial charge on any atom is 0.309 e. The standard InChI is InChI=1S/C37H35Cl2N3O5/c1-36(2)27-19-28(38)29(39)20-31(27)41(15-14-34(44)45)32(36)12-6-23(21-40)7-13-33-37(3,4)35-26-18-25(46-5)10-8-24(26)9-11-30(35)42(33)16-17-47-22-43/h6-13,18-20,22H,14-17H2,1-5H3/p+1. The molecule has 0 amide bonds. The number of anilines is 1. The van der Waals surface area contributed by atoms with Crippen LogP contribution >= 0.6 is 23.2 Å². The molecule has 0 bridgehead atoms. The molecule has 0 saturated heterocycles. The molecule has 2 aliphatic rings. The summed E-state index contributed by atoms with van der Waals surface area (Å²) in [5.74, 6) is -0.165.